The van der Waals surface area contributed by atoms with E-state index in [4.69, 9.17) is 14.6 Å². The summed E-state index contributed by atoms with van der Waals surface area (Å²) in [6, 6.07) is 3.92. The van der Waals surface area contributed by atoms with Gasteiger partial charge in [-0.1, -0.05) is 6.07 Å². The van der Waals surface area contributed by atoms with E-state index in [0.29, 0.717) is 0 Å². The standard InChI is InChI=1S/C10H10F2O4/c1-15-6-4-3-5-7(16-2)8(6)10(11,12)9(13)14/h3-5H,1-2H3,(H,13,14). The van der Waals surface area contributed by atoms with E-state index in [1.807, 2.05) is 0 Å². The van der Waals surface area contributed by atoms with Gasteiger partial charge < -0.3 is 14.6 Å². The molecule has 0 aromatic heterocycles. The zero-order chi connectivity index (χ0) is 12.3. The van der Waals surface area contributed by atoms with Crippen LogP contribution in [0.2, 0.25) is 0 Å². The average molecular weight is 232 g/mol. The minimum atomic E-state index is -4.06. The molecule has 0 aliphatic carbocycles. The maximum Gasteiger partial charge on any atom is 0.379 e. The molecule has 0 saturated carbocycles. The van der Waals surface area contributed by atoms with E-state index in [-0.39, 0.29) is 11.5 Å². The first kappa shape index (κ1) is 12.2. The van der Waals surface area contributed by atoms with Crippen molar-refractivity contribution in [3.8, 4) is 11.5 Å². The molecule has 4 nitrogen and oxygen atoms in total. The van der Waals surface area contributed by atoms with E-state index in [0.717, 1.165) is 0 Å². The second-order valence-corrected chi connectivity index (χ2v) is 2.92. The van der Waals surface area contributed by atoms with Gasteiger partial charge in [0, 0.05) is 0 Å². The lowest BCUT2D eigenvalue weighted by Gasteiger charge is -2.18. The highest BCUT2D eigenvalue weighted by Crippen LogP contribution is 2.41. The number of rotatable bonds is 4. The highest BCUT2D eigenvalue weighted by molar-refractivity contribution is 5.79. The lowest BCUT2D eigenvalue weighted by Crippen LogP contribution is -2.26. The van der Waals surface area contributed by atoms with Gasteiger partial charge in [0.1, 0.15) is 17.1 Å². The second kappa shape index (κ2) is 4.34. The van der Waals surface area contributed by atoms with Crippen LogP contribution in [0.15, 0.2) is 18.2 Å². The third-order valence-electron chi connectivity index (χ3n) is 2.01. The Morgan fingerprint density at radius 2 is 1.69 bits per heavy atom. The van der Waals surface area contributed by atoms with Crippen molar-refractivity contribution in [2.75, 3.05) is 14.2 Å². The molecule has 0 unspecified atom stereocenters. The largest absolute Gasteiger partial charge is 0.496 e. The van der Waals surface area contributed by atoms with E-state index in [2.05, 4.69) is 0 Å². The first-order valence-electron chi connectivity index (χ1n) is 4.27. The molecule has 1 N–H and O–H groups in total. The Balaban J connectivity index is 3.45. The Kier molecular flexibility index (Phi) is 3.31. The minimum Gasteiger partial charge on any atom is -0.496 e. The molecule has 6 heteroatoms. The number of carbonyl (C=O) groups is 1. The van der Waals surface area contributed by atoms with Gasteiger partial charge in [-0.05, 0) is 12.1 Å². The predicted octanol–water partition coefficient (Wildman–Crippen LogP) is 1.88. The zero-order valence-electron chi connectivity index (χ0n) is 8.66. The number of carboxylic acids is 1. The molecule has 0 bridgehead atoms. The number of halogens is 2. The molecule has 0 fully saturated rings. The number of benzene rings is 1. The predicted molar refractivity (Wildman–Crippen MR) is 51.1 cm³/mol. The summed E-state index contributed by atoms with van der Waals surface area (Å²) in [5.41, 5.74) is -0.785. The number of aliphatic carboxylic acids is 1. The summed E-state index contributed by atoms with van der Waals surface area (Å²) in [5.74, 6) is -6.77. The SMILES string of the molecule is COc1cccc(OC)c1C(F)(F)C(=O)O. The van der Waals surface area contributed by atoms with Crippen LogP contribution in [0.3, 0.4) is 0 Å². The summed E-state index contributed by atoms with van der Waals surface area (Å²) in [5, 5.41) is 8.47. The highest BCUT2D eigenvalue weighted by atomic mass is 19.3. The fourth-order valence-corrected chi connectivity index (χ4v) is 1.27. The summed E-state index contributed by atoms with van der Waals surface area (Å²) in [6.07, 6.45) is 0. The van der Waals surface area contributed by atoms with Crippen molar-refractivity contribution in [3.63, 3.8) is 0 Å². The highest BCUT2D eigenvalue weighted by Gasteiger charge is 2.46. The van der Waals surface area contributed by atoms with Crippen LogP contribution in [0.25, 0.3) is 0 Å². The van der Waals surface area contributed by atoms with Crippen LogP contribution in [0.4, 0.5) is 8.78 Å². The first-order valence-corrected chi connectivity index (χ1v) is 4.27. The minimum absolute atomic E-state index is 0.230. The summed E-state index contributed by atoms with van der Waals surface area (Å²) in [7, 11) is 2.35. The molecule has 0 amide bonds. The van der Waals surface area contributed by atoms with Gasteiger partial charge in [-0.2, -0.15) is 8.78 Å². The van der Waals surface area contributed by atoms with Crippen molar-refractivity contribution in [1.29, 1.82) is 0 Å². The molecular formula is C10H10F2O4. The molecule has 16 heavy (non-hydrogen) atoms. The van der Waals surface area contributed by atoms with E-state index >= 15 is 0 Å². The van der Waals surface area contributed by atoms with Crippen LogP contribution in [0.5, 0.6) is 11.5 Å². The monoisotopic (exact) mass is 232 g/mol. The Morgan fingerprint density at radius 3 is 2.00 bits per heavy atom. The number of carboxylic acid groups (broad SMARTS) is 1. The molecule has 0 radical (unpaired) electrons. The van der Waals surface area contributed by atoms with Crippen molar-refractivity contribution >= 4 is 5.97 Å². The smallest absolute Gasteiger partial charge is 0.379 e. The van der Waals surface area contributed by atoms with Gasteiger partial charge in [-0.3, -0.25) is 0 Å². The molecule has 0 heterocycles. The quantitative estimate of drug-likeness (QED) is 0.861. The van der Waals surface area contributed by atoms with Crippen molar-refractivity contribution in [2.45, 2.75) is 5.92 Å². The first-order chi connectivity index (χ1) is 7.45. The van der Waals surface area contributed by atoms with Gasteiger partial charge >= 0.3 is 11.9 Å². The lowest BCUT2D eigenvalue weighted by atomic mass is 10.1. The molecule has 1 rings (SSSR count). The zero-order valence-corrected chi connectivity index (χ0v) is 8.66. The van der Waals surface area contributed by atoms with Crippen molar-refractivity contribution < 1.29 is 28.2 Å². The van der Waals surface area contributed by atoms with Gasteiger partial charge in [0.15, 0.2) is 0 Å². The van der Waals surface area contributed by atoms with Crippen LogP contribution in [0, 0.1) is 0 Å². The van der Waals surface area contributed by atoms with Crippen LogP contribution in [-0.2, 0) is 10.7 Å². The summed E-state index contributed by atoms with van der Waals surface area (Å²) in [4.78, 5) is 10.5. The van der Waals surface area contributed by atoms with Gasteiger partial charge in [0.25, 0.3) is 0 Å². The van der Waals surface area contributed by atoms with Gasteiger partial charge in [-0.25, -0.2) is 4.79 Å². The normalized spacial score (nSPS) is 11.0. The summed E-state index contributed by atoms with van der Waals surface area (Å²) in [6.45, 7) is 0. The molecule has 0 spiro atoms. The van der Waals surface area contributed by atoms with Crippen LogP contribution in [0.1, 0.15) is 5.56 Å². The van der Waals surface area contributed by atoms with E-state index in [9.17, 15) is 13.6 Å². The fraction of sp³-hybridized carbons (Fsp3) is 0.300. The number of alkyl halides is 2. The Bertz CT molecular complexity index is 382. The van der Waals surface area contributed by atoms with Crippen molar-refractivity contribution in [2.24, 2.45) is 0 Å². The van der Waals surface area contributed by atoms with E-state index < -0.39 is 17.5 Å². The van der Waals surface area contributed by atoms with Crippen LogP contribution in [-0.4, -0.2) is 25.3 Å². The number of methoxy groups -OCH3 is 2. The Labute approximate surface area is 90.4 Å². The second-order valence-electron chi connectivity index (χ2n) is 2.92. The molecule has 0 saturated heterocycles. The van der Waals surface area contributed by atoms with Crippen molar-refractivity contribution in [1.82, 2.24) is 0 Å². The Morgan fingerprint density at radius 1 is 1.25 bits per heavy atom. The molecule has 0 atom stereocenters. The molecule has 1 aromatic rings. The van der Waals surface area contributed by atoms with Crippen LogP contribution < -0.4 is 9.47 Å². The molecular weight excluding hydrogens is 222 g/mol. The summed E-state index contributed by atoms with van der Waals surface area (Å²) < 4.78 is 36.2. The molecule has 0 aliphatic heterocycles. The number of ether oxygens (including phenoxy) is 2. The lowest BCUT2D eigenvalue weighted by molar-refractivity contribution is -0.166. The van der Waals surface area contributed by atoms with Crippen LogP contribution >= 0.6 is 0 Å². The topological polar surface area (TPSA) is 55.8 Å². The summed E-state index contributed by atoms with van der Waals surface area (Å²) >= 11 is 0. The third-order valence-corrected chi connectivity index (χ3v) is 2.01. The molecule has 88 valence electrons. The van der Waals surface area contributed by atoms with E-state index in [1.54, 1.807) is 0 Å². The average Bonchev–Trinajstić information content (AvgIpc) is 2.27. The van der Waals surface area contributed by atoms with E-state index in [1.165, 1.54) is 32.4 Å². The Hall–Kier alpha value is -1.85. The fourth-order valence-electron chi connectivity index (χ4n) is 1.27. The number of hydrogen-bond acceptors (Lipinski definition) is 3. The maximum absolute atomic E-state index is 13.4. The maximum atomic E-state index is 13.4. The molecule has 1 aromatic carbocycles. The van der Waals surface area contributed by atoms with Gasteiger partial charge in [0.2, 0.25) is 0 Å². The number of hydrogen-bond donors (Lipinski definition) is 1. The van der Waals surface area contributed by atoms with Crippen molar-refractivity contribution in [3.05, 3.63) is 23.8 Å². The van der Waals surface area contributed by atoms with Gasteiger partial charge in [-0.15, -0.1) is 0 Å². The third kappa shape index (κ3) is 1.91. The molecule has 0 aliphatic rings. The van der Waals surface area contributed by atoms with Gasteiger partial charge in [0.05, 0.1) is 14.2 Å².